The van der Waals surface area contributed by atoms with Crippen molar-refractivity contribution >= 4 is 51.5 Å². The zero-order chi connectivity index (χ0) is 24.9. The molecule has 2 aliphatic rings. The van der Waals surface area contributed by atoms with Crippen LogP contribution in [0.1, 0.15) is 29.5 Å². The van der Waals surface area contributed by atoms with Gasteiger partial charge in [0.15, 0.2) is 0 Å². The molecular weight excluding hydrogens is 501 g/mol. The second kappa shape index (κ2) is 9.00. The van der Waals surface area contributed by atoms with Crippen LogP contribution >= 0.6 is 23.4 Å². The first-order chi connectivity index (χ1) is 16.6. The number of carbonyl (C=O) groups excluding carboxylic acids is 2. The Morgan fingerprint density at radius 2 is 1.94 bits per heavy atom. The quantitative estimate of drug-likeness (QED) is 0.447. The summed E-state index contributed by atoms with van der Waals surface area (Å²) >= 11 is 6.67. The number of carbonyl (C=O) groups is 2. The van der Waals surface area contributed by atoms with Crippen molar-refractivity contribution in [1.82, 2.24) is 14.7 Å². The molecule has 3 aromatic rings. The van der Waals surface area contributed by atoms with Crippen molar-refractivity contribution in [3.05, 3.63) is 69.2 Å². The molecule has 0 bridgehead atoms. The van der Waals surface area contributed by atoms with Crippen LogP contribution in [0.25, 0.3) is 17.0 Å². The number of halogens is 4. The first kappa shape index (κ1) is 23.9. The summed E-state index contributed by atoms with van der Waals surface area (Å²) in [6.45, 7) is 0.296. The molecule has 182 valence electrons. The van der Waals surface area contributed by atoms with Gasteiger partial charge in [0.2, 0.25) is 0 Å². The van der Waals surface area contributed by atoms with E-state index in [0.29, 0.717) is 27.9 Å². The monoisotopic (exact) mass is 520 g/mol. The van der Waals surface area contributed by atoms with Crippen LogP contribution in [-0.4, -0.2) is 38.4 Å². The summed E-state index contributed by atoms with van der Waals surface area (Å²) in [5, 5.41) is 4.67. The zero-order valence-electron chi connectivity index (χ0n) is 18.3. The molecule has 5 rings (SSSR count). The fourth-order valence-corrected chi connectivity index (χ4v) is 5.46. The van der Waals surface area contributed by atoms with Crippen LogP contribution in [0.4, 0.5) is 18.0 Å². The number of hydrogen-bond acceptors (Lipinski definition) is 5. The minimum absolute atomic E-state index is 0.0108. The molecule has 1 saturated carbocycles. The number of amides is 2. The lowest BCUT2D eigenvalue weighted by molar-refractivity contribution is -0.138. The number of imide groups is 1. The Balaban J connectivity index is 1.37. The van der Waals surface area contributed by atoms with Crippen molar-refractivity contribution < 1.29 is 22.8 Å². The molecule has 2 amide bonds. The molecule has 2 N–H and O–H groups in total. The number of fused-ring (bicyclic) bond motifs is 1. The van der Waals surface area contributed by atoms with Crippen LogP contribution < -0.4 is 5.73 Å². The van der Waals surface area contributed by atoms with Crippen LogP contribution in [0.2, 0.25) is 5.02 Å². The topological polar surface area (TPSA) is 81.2 Å². The fourth-order valence-electron chi connectivity index (χ4n) is 4.44. The molecule has 6 nitrogen and oxygen atoms in total. The van der Waals surface area contributed by atoms with E-state index in [2.05, 4.69) is 5.10 Å². The van der Waals surface area contributed by atoms with Crippen LogP contribution in [-0.2, 0) is 17.5 Å². The highest BCUT2D eigenvalue weighted by Crippen LogP contribution is 2.37. The number of rotatable bonds is 5. The standard InChI is InChI=1S/C24H20ClF3N4O2S/c25-17-3-2-15(19(9-17)24(26,27)28)12-32-20-4-1-13(5-16(20)10-30-32)8-21-22(33)31(23(34)35-21)11-14-6-18(29)7-14/h1-5,8-10,14,18H,6-7,11-12,29H2/b21-8-/t14-,18-. The Bertz CT molecular complexity index is 1360. The lowest BCUT2D eigenvalue weighted by atomic mass is 9.80. The third kappa shape index (κ3) is 4.82. The lowest BCUT2D eigenvalue weighted by Crippen LogP contribution is -2.44. The molecule has 1 aromatic heterocycles. The van der Waals surface area contributed by atoms with E-state index in [9.17, 15) is 22.8 Å². The highest BCUT2D eigenvalue weighted by molar-refractivity contribution is 8.18. The molecule has 2 heterocycles. The second-order valence-electron chi connectivity index (χ2n) is 8.81. The molecule has 11 heteroatoms. The van der Waals surface area contributed by atoms with E-state index >= 15 is 0 Å². The predicted octanol–water partition coefficient (Wildman–Crippen LogP) is 5.53. The average Bonchev–Trinajstić information content (AvgIpc) is 3.28. The number of thioether (sulfide) groups is 1. The summed E-state index contributed by atoms with van der Waals surface area (Å²) < 4.78 is 41.9. The van der Waals surface area contributed by atoms with Crippen LogP contribution in [0, 0.1) is 5.92 Å². The van der Waals surface area contributed by atoms with Gasteiger partial charge in [-0.25, -0.2) is 0 Å². The van der Waals surface area contributed by atoms with Gasteiger partial charge in [0.05, 0.1) is 28.7 Å². The van der Waals surface area contributed by atoms with Gasteiger partial charge >= 0.3 is 6.18 Å². The lowest BCUT2D eigenvalue weighted by Gasteiger charge is -2.34. The number of nitrogens with zero attached hydrogens (tertiary/aromatic N) is 3. The minimum Gasteiger partial charge on any atom is -0.328 e. The van der Waals surface area contributed by atoms with E-state index in [0.717, 1.165) is 30.7 Å². The Morgan fingerprint density at radius 3 is 2.66 bits per heavy atom. The number of aromatic nitrogens is 2. The van der Waals surface area contributed by atoms with E-state index in [1.807, 2.05) is 0 Å². The van der Waals surface area contributed by atoms with Crippen molar-refractivity contribution in [1.29, 1.82) is 0 Å². The molecule has 2 fully saturated rings. The first-order valence-electron chi connectivity index (χ1n) is 10.9. The van der Waals surface area contributed by atoms with Gasteiger partial charge in [-0.2, -0.15) is 18.3 Å². The zero-order valence-corrected chi connectivity index (χ0v) is 19.8. The van der Waals surface area contributed by atoms with Gasteiger partial charge in [0, 0.05) is 23.0 Å². The summed E-state index contributed by atoms with van der Waals surface area (Å²) in [5.41, 5.74) is 6.38. The second-order valence-corrected chi connectivity index (χ2v) is 10.2. The molecule has 1 saturated heterocycles. The van der Waals surface area contributed by atoms with Crippen molar-refractivity contribution in [3.63, 3.8) is 0 Å². The normalized spacial score (nSPS) is 21.9. The summed E-state index contributed by atoms with van der Waals surface area (Å²) in [4.78, 5) is 26.7. The number of alkyl halides is 3. The van der Waals surface area contributed by atoms with Gasteiger partial charge < -0.3 is 5.73 Å². The van der Waals surface area contributed by atoms with Crippen molar-refractivity contribution in [2.24, 2.45) is 11.7 Å². The molecule has 0 radical (unpaired) electrons. The Kier molecular flexibility index (Phi) is 6.14. The first-order valence-corrected chi connectivity index (χ1v) is 12.1. The number of benzene rings is 2. The van der Waals surface area contributed by atoms with Gasteiger partial charge in [-0.1, -0.05) is 23.7 Å². The molecule has 1 aliphatic carbocycles. The number of hydrogen-bond donors (Lipinski definition) is 1. The van der Waals surface area contributed by atoms with Gasteiger partial charge in [0.25, 0.3) is 11.1 Å². The highest BCUT2D eigenvalue weighted by atomic mass is 35.5. The van der Waals surface area contributed by atoms with E-state index < -0.39 is 11.7 Å². The SMILES string of the molecule is N[C@H]1C[C@H](CN2C(=O)S/C(=C\c3ccc4c(cnn4Cc4ccc(Cl)cc4C(F)(F)F)c3)C2=O)C1. The van der Waals surface area contributed by atoms with E-state index in [1.165, 1.54) is 21.7 Å². The maximum absolute atomic E-state index is 13.5. The summed E-state index contributed by atoms with van der Waals surface area (Å²) in [6.07, 6.45) is 0.282. The molecule has 0 atom stereocenters. The number of nitrogens with two attached hydrogens (primary N) is 1. The largest absolute Gasteiger partial charge is 0.416 e. The highest BCUT2D eigenvalue weighted by Gasteiger charge is 2.39. The van der Waals surface area contributed by atoms with Gasteiger partial charge in [0.1, 0.15) is 0 Å². The van der Waals surface area contributed by atoms with E-state index in [-0.39, 0.29) is 40.2 Å². The third-order valence-electron chi connectivity index (χ3n) is 6.25. The minimum atomic E-state index is -4.54. The van der Waals surface area contributed by atoms with Crippen molar-refractivity contribution in [2.75, 3.05) is 6.54 Å². The molecule has 35 heavy (non-hydrogen) atoms. The molecule has 0 spiro atoms. The third-order valence-corrected chi connectivity index (χ3v) is 7.39. The Morgan fingerprint density at radius 1 is 1.17 bits per heavy atom. The summed E-state index contributed by atoms with van der Waals surface area (Å²) in [7, 11) is 0. The Labute approximate surface area is 207 Å². The molecule has 1 aliphatic heterocycles. The van der Waals surface area contributed by atoms with Crippen LogP contribution in [0.3, 0.4) is 0 Å². The maximum atomic E-state index is 13.5. The predicted molar refractivity (Wildman–Crippen MR) is 129 cm³/mol. The van der Waals surface area contributed by atoms with Crippen molar-refractivity contribution in [3.8, 4) is 0 Å². The smallest absolute Gasteiger partial charge is 0.328 e. The molecule has 2 aromatic carbocycles. The van der Waals surface area contributed by atoms with Crippen LogP contribution in [0.5, 0.6) is 0 Å². The average molecular weight is 521 g/mol. The summed E-state index contributed by atoms with van der Waals surface area (Å²) in [5.74, 6) is -0.0720. The van der Waals surface area contributed by atoms with Crippen molar-refractivity contribution in [2.45, 2.75) is 31.6 Å². The van der Waals surface area contributed by atoms with Gasteiger partial charge in [-0.05, 0) is 72.0 Å². The van der Waals surface area contributed by atoms with Gasteiger partial charge in [-0.15, -0.1) is 0 Å². The summed E-state index contributed by atoms with van der Waals surface area (Å²) in [6, 6.07) is 9.08. The Hall–Kier alpha value is -2.82. The van der Waals surface area contributed by atoms with Crippen LogP contribution in [0.15, 0.2) is 47.5 Å². The van der Waals surface area contributed by atoms with E-state index in [4.69, 9.17) is 17.3 Å². The maximum Gasteiger partial charge on any atom is 0.416 e. The molecule has 0 unspecified atom stereocenters. The molecular formula is C24H20ClF3N4O2S. The van der Waals surface area contributed by atoms with E-state index in [1.54, 1.807) is 30.5 Å². The van der Waals surface area contributed by atoms with Gasteiger partial charge in [-0.3, -0.25) is 19.2 Å². The fraction of sp³-hybridized carbons (Fsp3) is 0.292.